The number of rotatable bonds is 4. The van der Waals surface area contributed by atoms with Crippen molar-refractivity contribution in [3.63, 3.8) is 0 Å². The smallest absolute Gasteiger partial charge is 0.141 e. The quantitative estimate of drug-likeness (QED) is 0.890. The van der Waals surface area contributed by atoms with E-state index in [2.05, 4.69) is 29.2 Å². The van der Waals surface area contributed by atoms with Gasteiger partial charge in [-0.3, -0.25) is 4.98 Å². The third-order valence-electron chi connectivity index (χ3n) is 3.67. The molecule has 1 unspecified atom stereocenters. The Bertz CT molecular complexity index is 358. The van der Waals surface area contributed by atoms with E-state index < -0.39 is 0 Å². The SMILES string of the molecule is CCC(NC1CCN(C)CC1)c1ccc(F)cn1. The average Bonchev–Trinajstić information content (AvgIpc) is 2.39. The molecule has 1 fully saturated rings. The van der Waals surface area contributed by atoms with E-state index in [0.717, 1.165) is 25.2 Å². The molecule has 1 aliphatic heterocycles. The largest absolute Gasteiger partial charge is 0.306 e. The second-order valence-corrected chi connectivity index (χ2v) is 5.11. The first-order valence-corrected chi connectivity index (χ1v) is 6.75. The Hall–Kier alpha value is -1.00. The van der Waals surface area contributed by atoms with E-state index in [-0.39, 0.29) is 11.9 Å². The minimum Gasteiger partial charge on any atom is -0.306 e. The summed E-state index contributed by atoms with van der Waals surface area (Å²) in [5, 5.41) is 3.65. The van der Waals surface area contributed by atoms with Crippen LogP contribution in [-0.2, 0) is 0 Å². The molecule has 4 heteroatoms. The average molecular weight is 251 g/mol. The summed E-state index contributed by atoms with van der Waals surface area (Å²) in [6.07, 6.45) is 4.63. The molecule has 2 heterocycles. The third-order valence-corrected chi connectivity index (χ3v) is 3.67. The summed E-state index contributed by atoms with van der Waals surface area (Å²) in [6.45, 7) is 4.42. The summed E-state index contributed by atoms with van der Waals surface area (Å²) in [6, 6.07) is 4.06. The Morgan fingerprint density at radius 1 is 1.44 bits per heavy atom. The van der Waals surface area contributed by atoms with E-state index in [4.69, 9.17) is 0 Å². The molecule has 2 rings (SSSR count). The Labute approximate surface area is 108 Å². The molecule has 1 N–H and O–H groups in total. The van der Waals surface area contributed by atoms with Crippen molar-refractivity contribution in [3.8, 4) is 0 Å². The van der Waals surface area contributed by atoms with Crippen molar-refractivity contribution in [2.75, 3.05) is 20.1 Å². The van der Waals surface area contributed by atoms with Crippen molar-refractivity contribution >= 4 is 0 Å². The molecular formula is C14H22FN3. The lowest BCUT2D eigenvalue weighted by Gasteiger charge is -2.32. The van der Waals surface area contributed by atoms with E-state index in [9.17, 15) is 4.39 Å². The lowest BCUT2D eigenvalue weighted by atomic mass is 10.0. The van der Waals surface area contributed by atoms with Crippen LogP contribution in [-0.4, -0.2) is 36.1 Å². The highest BCUT2D eigenvalue weighted by Gasteiger charge is 2.20. The molecule has 1 atom stereocenters. The van der Waals surface area contributed by atoms with Gasteiger partial charge in [0.1, 0.15) is 5.82 Å². The zero-order valence-corrected chi connectivity index (χ0v) is 11.2. The first-order valence-electron chi connectivity index (χ1n) is 6.75. The highest BCUT2D eigenvalue weighted by molar-refractivity contribution is 5.10. The van der Waals surface area contributed by atoms with Gasteiger partial charge in [0.15, 0.2) is 0 Å². The third kappa shape index (κ3) is 3.50. The Morgan fingerprint density at radius 3 is 2.72 bits per heavy atom. The fourth-order valence-electron chi connectivity index (χ4n) is 2.47. The van der Waals surface area contributed by atoms with Crippen LogP contribution in [0.15, 0.2) is 18.3 Å². The summed E-state index contributed by atoms with van der Waals surface area (Å²) in [4.78, 5) is 6.54. The van der Waals surface area contributed by atoms with Gasteiger partial charge in [-0.05, 0) is 51.5 Å². The maximum Gasteiger partial charge on any atom is 0.141 e. The van der Waals surface area contributed by atoms with Gasteiger partial charge in [-0.1, -0.05) is 6.92 Å². The van der Waals surface area contributed by atoms with E-state index in [1.165, 1.54) is 25.1 Å². The number of hydrogen-bond donors (Lipinski definition) is 1. The number of halogens is 1. The van der Waals surface area contributed by atoms with Gasteiger partial charge in [0.05, 0.1) is 11.9 Å². The fourth-order valence-corrected chi connectivity index (χ4v) is 2.47. The molecule has 1 aromatic heterocycles. The molecule has 0 saturated carbocycles. The number of likely N-dealkylation sites (tertiary alicyclic amines) is 1. The van der Waals surface area contributed by atoms with Gasteiger partial charge in [0, 0.05) is 12.1 Å². The summed E-state index contributed by atoms with van der Waals surface area (Å²) >= 11 is 0. The molecule has 3 nitrogen and oxygen atoms in total. The maximum absolute atomic E-state index is 12.9. The van der Waals surface area contributed by atoms with E-state index in [1.807, 2.05) is 0 Å². The van der Waals surface area contributed by atoms with Crippen molar-refractivity contribution in [2.45, 2.75) is 38.3 Å². The molecule has 0 bridgehead atoms. The van der Waals surface area contributed by atoms with Crippen LogP contribution in [0.3, 0.4) is 0 Å². The van der Waals surface area contributed by atoms with Crippen LogP contribution < -0.4 is 5.32 Å². The zero-order valence-electron chi connectivity index (χ0n) is 11.2. The van der Waals surface area contributed by atoms with Crippen molar-refractivity contribution in [1.29, 1.82) is 0 Å². The maximum atomic E-state index is 12.9. The fraction of sp³-hybridized carbons (Fsp3) is 0.643. The molecule has 0 amide bonds. The van der Waals surface area contributed by atoms with Crippen LogP contribution in [0.5, 0.6) is 0 Å². The highest BCUT2D eigenvalue weighted by Crippen LogP contribution is 2.18. The molecule has 1 aliphatic rings. The Kier molecular flexibility index (Phi) is 4.66. The second kappa shape index (κ2) is 6.25. The van der Waals surface area contributed by atoms with E-state index in [0.29, 0.717) is 6.04 Å². The van der Waals surface area contributed by atoms with Gasteiger partial charge in [0.2, 0.25) is 0 Å². The first-order chi connectivity index (χ1) is 8.69. The molecule has 0 spiro atoms. The van der Waals surface area contributed by atoms with Gasteiger partial charge in [-0.2, -0.15) is 0 Å². The monoisotopic (exact) mass is 251 g/mol. The van der Waals surface area contributed by atoms with Gasteiger partial charge >= 0.3 is 0 Å². The topological polar surface area (TPSA) is 28.2 Å². The van der Waals surface area contributed by atoms with Gasteiger partial charge in [-0.25, -0.2) is 4.39 Å². The van der Waals surface area contributed by atoms with Gasteiger partial charge in [-0.15, -0.1) is 0 Å². The Morgan fingerprint density at radius 2 is 2.17 bits per heavy atom. The lowest BCUT2D eigenvalue weighted by molar-refractivity contribution is 0.222. The number of nitrogens with one attached hydrogen (secondary N) is 1. The molecule has 0 radical (unpaired) electrons. The number of piperidine rings is 1. The lowest BCUT2D eigenvalue weighted by Crippen LogP contribution is -2.42. The van der Waals surface area contributed by atoms with Crippen molar-refractivity contribution in [1.82, 2.24) is 15.2 Å². The minimum absolute atomic E-state index is 0.235. The zero-order chi connectivity index (χ0) is 13.0. The van der Waals surface area contributed by atoms with Gasteiger partial charge < -0.3 is 10.2 Å². The Balaban J connectivity index is 1.94. The standard InChI is InChI=1S/C14H22FN3/c1-3-13(14-5-4-11(15)10-16-14)17-12-6-8-18(2)9-7-12/h4-5,10,12-13,17H,3,6-9H2,1-2H3. The molecule has 0 aliphatic carbocycles. The van der Waals surface area contributed by atoms with Crippen LogP contribution in [0.2, 0.25) is 0 Å². The summed E-state index contributed by atoms with van der Waals surface area (Å²) < 4.78 is 12.9. The molecular weight excluding hydrogens is 229 g/mol. The van der Waals surface area contributed by atoms with Gasteiger partial charge in [0.25, 0.3) is 0 Å². The number of hydrogen-bond acceptors (Lipinski definition) is 3. The normalized spacial score (nSPS) is 19.9. The van der Waals surface area contributed by atoms with Crippen molar-refractivity contribution in [2.24, 2.45) is 0 Å². The van der Waals surface area contributed by atoms with Crippen molar-refractivity contribution < 1.29 is 4.39 Å². The second-order valence-electron chi connectivity index (χ2n) is 5.11. The number of pyridine rings is 1. The molecule has 1 aromatic rings. The van der Waals surface area contributed by atoms with Crippen LogP contribution in [0, 0.1) is 5.82 Å². The van der Waals surface area contributed by atoms with E-state index >= 15 is 0 Å². The minimum atomic E-state index is -0.270. The number of nitrogens with zero attached hydrogens (tertiary/aromatic N) is 2. The molecule has 18 heavy (non-hydrogen) atoms. The van der Waals surface area contributed by atoms with Crippen LogP contribution in [0.4, 0.5) is 4.39 Å². The highest BCUT2D eigenvalue weighted by atomic mass is 19.1. The first kappa shape index (κ1) is 13.4. The van der Waals surface area contributed by atoms with E-state index in [1.54, 1.807) is 6.07 Å². The van der Waals surface area contributed by atoms with Crippen molar-refractivity contribution in [3.05, 3.63) is 29.8 Å². The van der Waals surface area contributed by atoms with Crippen LogP contribution in [0.25, 0.3) is 0 Å². The summed E-state index contributed by atoms with van der Waals surface area (Å²) in [5.74, 6) is -0.270. The molecule has 0 aromatic carbocycles. The predicted molar refractivity (Wildman–Crippen MR) is 70.9 cm³/mol. The molecule has 100 valence electrons. The van der Waals surface area contributed by atoms with Crippen LogP contribution >= 0.6 is 0 Å². The number of aromatic nitrogens is 1. The predicted octanol–water partition coefficient (Wildman–Crippen LogP) is 2.36. The summed E-state index contributed by atoms with van der Waals surface area (Å²) in [5.41, 5.74) is 0.942. The van der Waals surface area contributed by atoms with Crippen LogP contribution in [0.1, 0.15) is 37.9 Å². The summed E-state index contributed by atoms with van der Waals surface area (Å²) in [7, 11) is 2.16. The molecule has 1 saturated heterocycles.